The van der Waals surface area contributed by atoms with E-state index in [9.17, 15) is 4.79 Å². The van der Waals surface area contributed by atoms with E-state index in [0.29, 0.717) is 6.04 Å². The van der Waals surface area contributed by atoms with E-state index in [-0.39, 0.29) is 17.9 Å². The Bertz CT molecular complexity index is 246. The van der Waals surface area contributed by atoms with Crippen LogP contribution in [0, 0.1) is 5.92 Å². The highest BCUT2D eigenvalue weighted by Crippen LogP contribution is 2.12. The highest BCUT2D eigenvalue weighted by molar-refractivity contribution is 5.81. The van der Waals surface area contributed by atoms with Crippen molar-refractivity contribution < 1.29 is 9.53 Å². The second kappa shape index (κ2) is 6.36. The molecule has 17 heavy (non-hydrogen) atoms. The summed E-state index contributed by atoms with van der Waals surface area (Å²) in [5.74, 6) is 0.376. The van der Waals surface area contributed by atoms with Crippen molar-refractivity contribution in [2.45, 2.75) is 39.8 Å². The number of carbonyl (C=O) groups is 1. The molecule has 1 amide bonds. The number of methoxy groups -OCH3 is 1. The first-order valence-corrected chi connectivity index (χ1v) is 6.53. The van der Waals surface area contributed by atoms with Gasteiger partial charge in [0.05, 0.1) is 0 Å². The second-order valence-corrected chi connectivity index (χ2v) is 5.36. The third-order valence-electron chi connectivity index (χ3n) is 3.46. The predicted octanol–water partition coefficient (Wildman–Crippen LogP) is 1.21. The van der Waals surface area contributed by atoms with E-state index >= 15 is 0 Å². The summed E-state index contributed by atoms with van der Waals surface area (Å²) < 4.78 is 5.30. The largest absolute Gasteiger partial charge is 0.371 e. The van der Waals surface area contributed by atoms with E-state index in [1.807, 2.05) is 18.7 Å². The number of ether oxygens (including phenoxy) is 1. The van der Waals surface area contributed by atoms with E-state index in [1.165, 1.54) is 0 Å². The van der Waals surface area contributed by atoms with Gasteiger partial charge in [0.2, 0.25) is 0 Å². The van der Waals surface area contributed by atoms with Crippen LogP contribution in [0.15, 0.2) is 0 Å². The number of amides is 1. The van der Waals surface area contributed by atoms with E-state index < -0.39 is 0 Å². The van der Waals surface area contributed by atoms with Gasteiger partial charge in [0.1, 0.15) is 6.10 Å². The average molecular weight is 242 g/mol. The Morgan fingerprint density at radius 1 is 1.06 bits per heavy atom. The molecule has 4 nitrogen and oxygen atoms in total. The molecular weight excluding hydrogens is 216 g/mol. The van der Waals surface area contributed by atoms with Crippen molar-refractivity contribution in [3.63, 3.8) is 0 Å². The van der Waals surface area contributed by atoms with Crippen LogP contribution in [0.4, 0.5) is 0 Å². The van der Waals surface area contributed by atoms with Crippen molar-refractivity contribution in [2.75, 3.05) is 33.3 Å². The minimum Gasteiger partial charge on any atom is -0.371 e. The average Bonchev–Trinajstić information content (AvgIpc) is 2.29. The van der Waals surface area contributed by atoms with Gasteiger partial charge in [0, 0.05) is 39.3 Å². The molecule has 4 heteroatoms. The fourth-order valence-electron chi connectivity index (χ4n) is 2.30. The van der Waals surface area contributed by atoms with Gasteiger partial charge in [0.15, 0.2) is 0 Å². The minimum atomic E-state index is -0.291. The Hall–Kier alpha value is -0.610. The van der Waals surface area contributed by atoms with Crippen molar-refractivity contribution in [1.82, 2.24) is 9.80 Å². The normalized spacial score (nSPS) is 20.1. The lowest BCUT2D eigenvalue weighted by Crippen LogP contribution is -2.53. The highest BCUT2D eigenvalue weighted by Gasteiger charge is 2.29. The third kappa shape index (κ3) is 3.68. The minimum absolute atomic E-state index is 0.144. The Kier molecular flexibility index (Phi) is 5.40. The Morgan fingerprint density at radius 2 is 1.59 bits per heavy atom. The summed E-state index contributed by atoms with van der Waals surface area (Å²) in [5.41, 5.74) is 0. The molecule has 0 spiro atoms. The lowest BCUT2D eigenvalue weighted by atomic mass is 10.1. The van der Waals surface area contributed by atoms with E-state index in [4.69, 9.17) is 4.74 Å². The quantitative estimate of drug-likeness (QED) is 0.743. The molecule has 0 aliphatic carbocycles. The molecule has 0 radical (unpaired) electrons. The number of rotatable bonds is 4. The summed E-state index contributed by atoms with van der Waals surface area (Å²) in [6.07, 6.45) is -0.291. The molecule has 1 heterocycles. The van der Waals surface area contributed by atoms with Crippen LogP contribution in [0.25, 0.3) is 0 Å². The van der Waals surface area contributed by atoms with Crippen LogP contribution in [0.2, 0.25) is 0 Å². The molecule has 1 unspecified atom stereocenters. The molecular formula is C13H26N2O2. The summed E-state index contributed by atoms with van der Waals surface area (Å²) in [6.45, 7) is 12.0. The molecule has 1 aliphatic heterocycles. The van der Waals surface area contributed by atoms with E-state index in [1.54, 1.807) is 7.11 Å². The van der Waals surface area contributed by atoms with Crippen LogP contribution in [-0.4, -0.2) is 61.1 Å². The lowest BCUT2D eigenvalue weighted by molar-refractivity contribution is -0.146. The van der Waals surface area contributed by atoms with Crippen LogP contribution in [0.1, 0.15) is 27.7 Å². The number of hydrogen-bond acceptors (Lipinski definition) is 3. The standard InChI is InChI=1S/C13H26N2O2/c1-10(2)12(17-5)13(16)15-8-6-14(7-9-15)11(3)4/h10-12H,6-9H2,1-5H3. The van der Waals surface area contributed by atoms with E-state index in [0.717, 1.165) is 26.2 Å². The van der Waals surface area contributed by atoms with Crippen LogP contribution >= 0.6 is 0 Å². The van der Waals surface area contributed by atoms with Gasteiger partial charge in [-0.2, -0.15) is 0 Å². The molecule has 0 aromatic heterocycles. The summed E-state index contributed by atoms with van der Waals surface area (Å²) >= 11 is 0. The number of hydrogen-bond donors (Lipinski definition) is 0. The van der Waals surface area contributed by atoms with Gasteiger partial charge < -0.3 is 9.64 Å². The van der Waals surface area contributed by atoms with Gasteiger partial charge in [-0.05, 0) is 19.8 Å². The molecule has 0 N–H and O–H groups in total. The molecule has 100 valence electrons. The van der Waals surface area contributed by atoms with Crippen molar-refractivity contribution in [3.05, 3.63) is 0 Å². The fraction of sp³-hybridized carbons (Fsp3) is 0.923. The molecule has 1 fully saturated rings. The van der Waals surface area contributed by atoms with Gasteiger partial charge in [0.25, 0.3) is 5.91 Å². The third-order valence-corrected chi connectivity index (χ3v) is 3.46. The predicted molar refractivity (Wildman–Crippen MR) is 68.9 cm³/mol. The van der Waals surface area contributed by atoms with Gasteiger partial charge in [-0.3, -0.25) is 9.69 Å². The molecule has 1 saturated heterocycles. The number of piperazine rings is 1. The Morgan fingerprint density at radius 3 is 1.94 bits per heavy atom. The van der Waals surface area contributed by atoms with Crippen LogP contribution in [0.5, 0.6) is 0 Å². The summed E-state index contributed by atoms with van der Waals surface area (Å²) in [4.78, 5) is 16.6. The first-order valence-electron chi connectivity index (χ1n) is 6.53. The smallest absolute Gasteiger partial charge is 0.252 e. The Balaban J connectivity index is 2.50. The first kappa shape index (κ1) is 14.5. The summed E-state index contributed by atoms with van der Waals surface area (Å²) in [5, 5.41) is 0. The monoisotopic (exact) mass is 242 g/mol. The maximum atomic E-state index is 12.2. The summed E-state index contributed by atoms with van der Waals surface area (Å²) in [6, 6.07) is 0.565. The zero-order valence-corrected chi connectivity index (χ0v) is 11.8. The van der Waals surface area contributed by atoms with Gasteiger partial charge in [-0.15, -0.1) is 0 Å². The van der Waals surface area contributed by atoms with Gasteiger partial charge >= 0.3 is 0 Å². The zero-order valence-electron chi connectivity index (χ0n) is 11.8. The molecule has 1 rings (SSSR count). The highest BCUT2D eigenvalue weighted by atomic mass is 16.5. The molecule has 0 saturated carbocycles. The molecule has 0 bridgehead atoms. The zero-order chi connectivity index (χ0) is 13.0. The van der Waals surface area contributed by atoms with Crippen molar-refractivity contribution in [2.24, 2.45) is 5.92 Å². The van der Waals surface area contributed by atoms with Crippen molar-refractivity contribution in [1.29, 1.82) is 0 Å². The SMILES string of the molecule is COC(C(=O)N1CCN(C(C)C)CC1)C(C)C. The Labute approximate surface area is 105 Å². The molecule has 1 aliphatic rings. The lowest BCUT2D eigenvalue weighted by Gasteiger charge is -2.38. The number of nitrogens with zero attached hydrogens (tertiary/aromatic N) is 2. The maximum absolute atomic E-state index is 12.2. The van der Waals surface area contributed by atoms with E-state index in [2.05, 4.69) is 18.7 Å². The van der Waals surface area contributed by atoms with Crippen LogP contribution in [0.3, 0.4) is 0 Å². The number of carbonyl (C=O) groups excluding carboxylic acids is 1. The fourth-order valence-corrected chi connectivity index (χ4v) is 2.30. The molecule has 1 atom stereocenters. The second-order valence-electron chi connectivity index (χ2n) is 5.36. The van der Waals surface area contributed by atoms with Crippen molar-refractivity contribution >= 4 is 5.91 Å². The molecule has 0 aromatic carbocycles. The van der Waals surface area contributed by atoms with Crippen LogP contribution in [-0.2, 0) is 9.53 Å². The van der Waals surface area contributed by atoms with Crippen molar-refractivity contribution in [3.8, 4) is 0 Å². The topological polar surface area (TPSA) is 32.8 Å². The first-order chi connectivity index (χ1) is 7.97. The van der Waals surface area contributed by atoms with Gasteiger partial charge in [-0.25, -0.2) is 0 Å². The molecule has 0 aromatic rings. The van der Waals surface area contributed by atoms with Crippen LogP contribution < -0.4 is 0 Å². The summed E-state index contributed by atoms with van der Waals surface area (Å²) in [7, 11) is 1.62. The maximum Gasteiger partial charge on any atom is 0.252 e. The van der Waals surface area contributed by atoms with Gasteiger partial charge in [-0.1, -0.05) is 13.8 Å².